The molecule has 0 spiro atoms. The molecule has 0 unspecified atom stereocenters. The Kier molecular flexibility index (Phi) is 7.85. The van der Waals surface area contributed by atoms with Gasteiger partial charge in [-0.2, -0.15) is 5.10 Å². The summed E-state index contributed by atoms with van der Waals surface area (Å²) in [5.74, 6) is 0.413. The molecule has 0 radical (unpaired) electrons. The van der Waals surface area contributed by atoms with Gasteiger partial charge in [0.05, 0.1) is 6.20 Å². The fraction of sp³-hybridized carbons (Fsp3) is 0.577. The van der Waals surface area contributed by atoms with Crippen molar-refractivity contribution in [1.29, 1.82) is 0 Å². The molecule has 3 heterocycles. The molecule has 0 bridgehead atoms. The van der Waals surface area contributed by atoms with Crippen LogP contribution < -0.4 is 4.74 Å². The van der Waals surface area contributed by atoms with E-state index in [0.29, 0.717) is 44.5 Å². The first-order chi connectivity index (χ1) is 16.4. The summed E-state index contributed by atoms with van der Waals surface area (Å²) in [6.45, 7) is 4.71. The second-order valence-corrected chi connectivity index (χ2v) is 9.52. The smallest absolute Gasteiger partial charge is 0.223 e. The van der Waals surface area contributed by atoms with Crippen molar-refractivity contribution in [2.75, 3.05) is 26.2 Å². The van der Waals surface area contributed by atoms with E-state index in [9.17, 15) is 14.0 Å². The Morgan fingerprint density at radius 3 is 2.47 bits per heavy atom. The summed E-state index contributed by atoms with van der Waals surface area (Å²) < 4.78 is 21.3. The summed E-state index contributed by atoms with van der Waals surface area (Å²) in [6, 6.07) is 5.99. The van der Waals surface area contributed by atoms with Crippen molar-refractivity contribution in [1.82, 2.24) is 19.6 Å². The molecule has 2 saturated heterocycles. The minimum absolute atomic E-state index is 0.0962. The van der Waals surface area contributed by atoms with E-state index in [1.54, 1.807) is 12.1 Å². The molecule has 7 nitrogen and oxygen atoms in total. The number of aromatic nitrogens is 2. The number of rotatable bonds is 7. The molecule has 2 aliphatic rings. The molecule has 2 fully saturated rings. The van der Waals surface area contributed by atoms with Crippen molar-refractivity contribution < 1.29 is 18.7 Å². The van der Waals surface area contributed by atoms with E-state index in [2.05, 4.69) is 5.10 Å². The third-order valence-electron chi connectivity index (χ3n) is 7.21. The first-order valence-electron chi connectivity index (χ1n) is 12.4. The van der Waals surface area contributed by atoms with Crippen molar-refractivity contribution in [2.24, 2.45) is 13.0 Å². The van der Waals surface area contributed by atoms with Crippen LogP contribution in [0.1, 0.15) is 49.8 Å². The van der Waals surface area contributed by atoms with Gasteiger partial charge in [-0.3, -0.25) is 14.3 Å². The number of carbonyl (C=O) groups is 2. The number of halogens is 1. The van der Waals surface area contributed by atoms with Gasteiger partial charge in [0.1, 0.15) is 17.7 Å². The maximum absolute atomic E-state index is 13.3. The molecule has 4 rings (SSSR count). The summed E-state index contributed by atoms with van der Waals surface area (Å²) >= 11 is 0. The Hall–Kier alpha value is -2.90. The van der Waals surface area contributed by atoms with Crippen LogP contribution in [0.15, 0.2) is 30.5 Å². The lowest BCUT2D eigenvalue weighted by molar-refractivity contribution is -0.139. The number of benzene rings is 1. The fourth-order valence-corrected chi connectivity index (χ4v) is 4.96. The first-order valence-corrected chi connectivity index (χ1v) is 12.4. The van der Waals surface area contributed by atoms with Crippen LogP contribution in [-0.2, 0) is 23.1 Å². The molecule has 2 aromatic rings. The van der Waals surface area contributed by atoms with Crippen LogP contribution in [0.2, 0.25) is 0 Å². The number of likely N-dealkylation sites (tertiary alicyclic amines) is 2. The van der Waals surface area contributed by atoms with Gasteiger partial charge < -0.3 is 14.5 Å². The number of piperidine rings is 2. The molecule has 1 aromatic heterocycles. The Morgan fingerprint density at radius 2 is 1.79 bits per heavy atom. The average molecular weight is 471 g/mol. The van der Waals surface area contributed by atoms with Crippen LogP contribution in [0.3, 0.4) is 0 Å². The zero-order chi connectivity index (χ0) is 24.1. The van der Waals surface area contributed by atoms with E-state index < -0.39 is 0 Å². The van der Waals surface area contributed by atoms with Gasteiger partial charge in [0.15, 0.2) is 0 Å². The van der Waals surface area contributed by atoms with E-state index in [4.69, 9.17) is 4.74 Å². The highest BCUT2D eigenvalue weighted by Crippen LogP contribution is 2.28. The Bertz CT molecular complexity index is 984. The SMILES string of the molecule is Cc1c(CCC(=O)N2CC[C@H](Oc3ccc(F)cc3)[C@@H](CC(=O)N3CCCCC3)C2)cnn1C. The third-order valence-corrected chi connectivity index (χ3v) is 7.21. The van der Waals surface area contributed by atoms with Crippen molar-refractivity contribution >= 4 is 11.8 Å². The molecule has 0 aliphatic carbocycles. The zero-order valence-electron chi connectivity index (χ0n) is 20.2. The second kappa shape index (κ2) is 11.0. The predicted octanol–water partition coefficient (Wildman–Crippen LogP) is 3.50. The maximum atomic E-state index is 13.3. The van der Waals surface area contributed by atoms with Gasteiger partial charge in [-0.1, -0.05) is 0 Å². The number of carbonyl (C=O) groups excluding carboxylic acids is 2. The monoisotopic (exact) mass is 470 g/mol. The maximum Gasteiger partial charge on any atom is 0.223 e. The minimum atomic E-state index is -0.312. The number of nitrogens with zero attached hydrogens (tertiary/aromatic N) is 4. The highest BCUT2D eigenvalue weighted by Gasteiger charge is 2.35. The first kappa shape index (κ1) is 24.2. The van der Waals surface area contributed by atoms with Gasteiger partial charge in [-0.15, -0.1) is 0 Å². The van der Waals surface area contributed by atoms with Crippen molar-refractivity contribution in [2.45, 2.75) is 58.0 Å². The van der Waals surface area contributed by atoms with Gasteiger partial charge in [0, 0.05) is 64.1 Å². The summed E-state index contributed by atoms with van der Waals surface area (Å²) in [6.07, 6.45) is 6.97. The molecular weight excluding hydrogens is 435 g/mol. The van der Waals surface area contributed by atoms with E-state index in [1.165, 1.54) is 18.6 Å². The number of hydrogen-bond donors (Lipinski definition) is 0. The number of hydrogen-bond acceptors (Lipinski definition) is 4. The standard InChI is InChI=1S/C26H35FN4O3/c1-19-20(17-28-29(19)2)6-11-25(32)31-15-12-24(34-23-9-7-22(27)8-10-23)21(18-31)16-26(33)30-13-4-3-5-14-30/h7-10,17,21,24H,3-6,11-16,18H2,1-2H3/t21-,24-/m0/s1. The minimum Gasteiger partial charge on any atom is -0.490 e. The molecule has 8 heteroatoms. The van der Waals surface area contributed by atoms with Crippen molar-refractivity contribution in [3.8, 4) is 5.75 Å². The molecule has 0 saturated carbocycles. The van der Waals surface area contributed by atoms with Crippen LogP contribution in [0.25, 0.3) is 0 Å². The van der Waals surface area contributed by atoms with Gasteiger partial charge in [-0.05, 0) is 62.4 Å². The predicted molar refractivity (Wildman–Crippen MR) is 127 cm³/mol. The second-order valence-electron chi connectivity index (χ2n) is 9.52. The van der Waals surface area contributed by atoms with Crippen LogP contribution in [0.4, 0.5) is 4.39 Å². The Labute approximate surface area is 200 Å². The van der Waals surface area contributed by atoms with Gasteiger partial charge in [0.25, 0.3) is 0 Å². The highest BCUT2D eigenvalue weighted by molar-refractivity contribution is 5.78. The van der Waals surface area contributed by atoms with Crippen LogP contribution in [0, 0.1) is 18.7 Å². The van der Waals surface area contributed by atoms with Crippen LogP contribution in [0.5, 0.6) is 5.75 Å². The zero-order valence-corrected chi connectivity index (χ0v) is 20.2. The molecule has 2 amide bonds. The Balaban J connectivity index is 1.41. The number of amides is 2. The molecule has 1 aromatic carbocycles. The third kappa shape index (κ3) is 5.96. The largest absolute Gasteiger partial charge is 0.490 e. The molecule has 34 heavy (non-hydrogen) atoms. The lowest BCUT2D eigenvalue weighted by atomic mass is 9.90. The number of aryl methyl sites for hydroxylation is 2. The van der Waals surface area contributed by atoms with Gasteiger partial charge in [0.2, 0.25) is 11.8 Å². The topological polar surface area (TPSA) is 67.7 Å². The van der Waals surface area contributed by atoms with E-state index in [-0.39, 0.29) is 29.7 Å². The molecule has 2 atom stereocenters. The average Bonchev–Trinajstić information content (AvgIpc) is 3.17. The van der Waals surface area contributed by atoms with Crippen LogP contribution >= 0.6 is 0 Å². The molecular formula is C26H35FN4O3. The molecule has 2 aliphatic heterocycles. The van der Waals surface area contributed by atoms with Gasteiger partial charge in [-0.25, -0.2) is 4.39 Å². The van der Waals surface area contributed by atoms with Crippen LogP contribution in [-0.4, -0.2) is 63.7 Å². The van der Waals surface area contributed by atoms with E-state index in [0.717, 1.165) is 37.2 Å². The number of ether oxygens (including phenoxy) is 1. The van der Waals surface area contributed by atoms with Crippen molar-refractivity contribution in [3.05, 3.63) is 47.5 Å². The normalized spacial score (nSPS) is 20.9. The Morgan fingerprint density at radius 1 is 1.06 bits per heavy atom. The fourth-order valence-electron chi connectivity index (χ4n) is 4.96. The molecule has 0 N–H and O–H groups in total. The van der Waals surface area contributed by atoms with E-state index in [1.807, 2.05) is 34.6 Å². The summed E-state index contributed by atoms with van der Waals surface area (Å²) in [4.78, 5) is 29.9. The van der Waals surface area contributed by atoms with E-state index >= 15 is 0 Å². The summed E-state index contributed by atoms with van der Waals surface area (Å²) in [7, 11) is 1.90. The van der Waals surface area contributed by atoms with Gasteiger partial charge >= 0.3 is 0 Å². The summed E-state index contributed by atoms with van der Waals surface area (Å²) in [5.41, 5.74) is 2.16. The summed E-state index contributed by atoms with van der Waals surface area (Å²) in [5, 5.41) is 4.26. The lowest BCUT2D eigenvalue weighted by Crippen LogP contribution is -2.50. The lowest BCUT2D eigenvalue weighted by Gasteiger charge is -2.39. The molecule has 184 valence electrons. The van der Waals surface area contributed by atoms with Crippen molar-refractivity contribution in [3.63, 3.8) is 0 Å². The quantitative estimate of drug-likeness (QED) is 0.621. The highest BCUT2D eigenvalue weighted by atomic mass is 19.1.